The highest BCUT2D eigenvalue weighted by Crippen LogP contribution is 2.42. The van der Waals surface area contributed by atoms with E-state index in [9.17, 15) is 9.59 Å². The lowest BCUT2D eigenvalue weighted by Gasteiger charge is -2.43. The zero-order chi connectivity index (χ0) is 26.5. The zero-order valence-electron chi connectivity index (χ0n) is 22.2. The lowest BCUT2D eigenvalue weighted by molar-refractivity contribution is -0.885. The summed E-state index contributed by atoms with van der Waals surface area (Å²) in [5.74, 6) is 1.95. The molecule has 0 spiro atoms. The molecule has 3 aromatic rings. The number of imidazole rings is 1. The van der Waals surface area contributed by atoms with Crippen molar-refractivity contribution < 1.29 is 14.1 Å². The SMILES string of the molecule is CCn1c(-c2cnc(C)nc2)nc2c(NC3C[C@H](C(N)=O)[N+](C(=O)C4CC4)(C(C)C(C)C)C3)ncnc21. The predicted octanol–water partition coefficient (Wildman–Crippen LogP) is 2.45. The number of hydrogen-bond acceptors (Lipinski definition) is 8. The first kappa shape index (κ1) is 25.2. The number of hydrogen-bond donors (Lipinski definition) is 2. The zero-order valence-corrected chi connectivity index (χ0v) is 22.2. The molecule has 3 unspecified atom stereocenters. The molecule has 2 amide bonds. The molecule has 4 heterocycles. The van der Waals surface area contributed by atoms with E-state index in [1.54, 1.807) is 12.4 Å². The molecule has 11 nitrogen and oxygen atoms in total. The van der Waals surface area contributed by atoms with Crippen molar-refractivity contribution in [1.29, 1.82) is 0 Å². The Labute approximate surface area is 216 Å². The third kappa shape index (κ3) is 4.24. The van der Waals surface area contributed by atoms with Gasteiger partial charge in [-0.15, -0.1) is 0 Å². The monoisotopic (exact) mass is 506 g/mol. The normalized spacial score (nSPS) is 24.5. The molecule has 3 N–H and O–H groups in total. The molecule has 37 heavy (non-hydrogen) atoms. The van der Waals surface area contributed by atoms with Crippen molar-refractivity contribution in [2.24, 2.45) is 17.6 Å². The summed E-state index contributed by atoms with van der Waals surface area (Å²) in [6.45, 7) is 11.3. The molecule has 2 aliphatic rings. The number of nitrogens with one attached hydrogen (secondary N) is 1. The van der Waals surface area contributed by atoms with Gasteiger partial charge in [-0.1, -0.05) is 13.8 Å². The number of nitrogens with two attached hydrogens (primary N) is 1. The molecule has 1 saturated carbocycles. The van der Waals surface area contributed by atoms with Gasteiger partial charge in [0.1, 0.15) is 24.5 Å². The lowest BCUT2D eigenvalue weighted by atomic mass is 9.98. The standard InChI is InChI=1S/C26H35N9O2/c1-6-34-24(18-10-28-16(5)29-11-18)33-21-23(30-13-31-25(21)34)32-19-9-20(22(27)36)35(12-19,15(4)14(2)3)26(37)17-7-8-17/h10-11,13-15,17,19-20H,6-9,12H2,1-5H3,(H2-,27,30,31,32,36)/p+1/t15?,19?,20-,35?/m1/s1. The molecule has 1 aliphatic heterocycles. The summed E-state index contributed by atoms with van der Waals surface area (Å²) >= 11 is 0. The van der Waals surface area contributed by atoms with Crippen molar-refractivity contribution in [3.63, 3.8) is 0 Å². The Morgan fingerprint density at radius 3 is 2.46 bits per heavy atom. The van der Waals surface area contributed by atoms with Gasteiger partial charge >= 0.3 is 5.91 Å². The minimum absolute atomic E-state index is 0.0205. The van der Waals surface area contributed by atoms with Crippen LogP contribution in [0, 0.1) is 18.8 Å². The maximum atomic E-state index is 13.8. The van der Waals surface area contributed by atoms with E-state index in [2.05, 4.69) is 46.0 Å². The fourth-order valence-corrected chi connectivity index (χ4v) is 5.83. The van der Waals surface area contributed by atoms with Crippen molar-refractivity contribution >= 4 is 28.8 Å². The highest BCUT2D eigenvalue weighted by atomic mass is 16.2. The Balaban J connectivity index is 1.53. The maximum Gasteiger partial charge on any atom is 0.317 e. The summed E-state index contributed by atoms with van der Waals surface area (Å²) in [7, 11) is 0. The summed E-state index contributed by atoms with van der Waals surface area (Å²) in [6.07, 6.45) is 7.27. The second kappa shape index (κ2) is 9.44. The third-order valence-electron chi connectivity index (χ3n) is 8.17. The van der Waals surface area contributed by atoms with Crippen molar-refractivity contribution in [3.8, 4) is 11.4 Å². The minimum atomic E-state index is -0.575. The number of aromatic nitrogens is 6. The van der Waals surface area contributed by atoms with Gasteiger partial charge in [-0.2, -0.15) is 0 Å². The summed E-state index contributed by atoms with van der Waals surface area (Å²) in [5.41, 5.74) is 8.07. The van der Waals surface area contributed by atoms with Crippen LogP contribution in [0.2, 0.25) is 0 Å². The summed E-state index contributed by atoms with van der Waals surface area (Å²) in [5, 5.41) is 3.52. The molecular formula is C26H36N9O2+. The van der Waals surface area contributed by atoms with Crippen LogP contribution in [0.4, 0.5) is 5.82 Å². The van der Waals surface area contributed by atoms with Gasteiger partial charge in [0.2, 0.25) is 0 Å². The maximum absolute atomic E-state index is 13.8. The van der Waals surface area contributed by atoms with Gasteiger partial charge in [0, 0.05) is 31.3 Å². The Morgan fingerprint density at radius 1 is 1.16 bits per heavy atom. The van der Waals surface area contributed by atoms with Gasteiger partial charge in [0.05, 0.1) is 23.6 Å². The Morgan fingerprint density at radius 2 is 1.86 bits per heavy atom. The molecule has 0 radical (unpaired) electrons. The number of primary amides is 1. The first-order valence-electron chi connectivity index (χ1n) is 13.1. The number of fused-ring (bicyclic) bond motifs is 1. The van der Waals surface area contributed by atoms with Crippen LogP contribution in [0.25, 0.3) is 22.6 Å². The molecule has 0 aromatic carbocycles. The number of carbonyl (C=O) groups excluding carboxylic acids is 2. The molecular weight excluding hydrogens is 470 g/mol. The third-order valence-corrected chi connectivity index (χ3v) is 8.17. The smallest absolute Gasteiger partial charge is 0.317 e. The van der Waals surface area contributed by atoms with E-state index in [0.717, 1.165) is 18.4 Å². The molecule has 3 aromatic heterocycles. The fourth-order valence-electron chi connectivity index (χ4n) is 5.83. The summed E-state index contributed by atoms with van der Waals surface area (Å²) in [4.78, 5) is 49.0. The Bertz CT molecular complexity index is 1330. The van der Waals surface area contributed by atoms with Gasteiger partial charge in [0.15, 0.2) is 23.0 Å². The van der Waals surface area contributed by atoms with Crippen molar-refractivity contribution in [1.82, 2.24) is 29.5 Å². The van der Waals surface area contributed by atoms with Gasteiger partial charge in [-0.05, 0) is 33.6 Å². The van der Waals surface area contributed by atoms with Gasteiger partial charge in [0.25, 0.3) is 5.91 Å². The van der Waals surface area contributed by atoms with Crippen LogP contribution in [-0.2, 0) is 16.1 Å². The van der Waals surface area contributed by atoms with E-state index in [0.29, 0.717) is 48.1 Å². The molecule has 196 valence electrons. The highest BCUT2D eigenvalue weighted by Gasteiger charge is 2.61. The Kier molecular flexibility index (Phi) is 6.43. The van der Waals surface area contributed by atoms with E-state index in [1.807, 2.05) is 18.4 Å². The number of nitrogens with zero attached hydrogens (tertiary/aromatic N) is 7. The lowest BCUT2D eigenvalue weighted by Crippen LogP contribution is -2.66. The number of amides is 2. The quantitative estimate of drug-likeness (QED) is 0.444. The van der Waals surface area contributed by atoms with Crippen LogP contribution in [0.1, 0.15) is 52.8 Å². The molecule has 1 saturated heterocycles. The number of rotatable bonds is 8. The molecule has 1 aliphatic carbocycles. The number of quaternary nitrogens is 1. The van der Waals surface area contributed by atoms with Crippen molar-refractivity contribution in [2.75, 3.05) is 11.9 Å². The van der Waals surface area contributed by atoms with Gasteiger partial charge in [-0.3, -0.25) is 4.79 Å². The van der Waals surface area contributed by atoms with E-state index >= 15 is 0 Å². The molecule has 0 bridgehead atoms. The predicted molar refractivity (Wildman–Crippen MR) is 139 cm³/mol. The van der Waals surface area contributed by atoms with Crippen LogP contribution in [-0.4, -0.2) is 70.5 Å². The van der Waals surface area contributed by atoms with Crippen LogP contribution in [0.5, 0.6) is 0 Å². The van der Waals surface area contributed by atoms with Crippen LogP contribution in [0.15, 0.2) is 18.7 Å². The largest absolute Gasteiger partial charge is 0.364 e. The first-order valence-corrected chi connectivity index (χ1v) is 13.1. The van der Waals surface area contributed by atoms with E-state index in [4.69, 9.17) is 10.7 Å². The summed E-state index contributed by atoms with van der Waals surface area (Å²) in [6, 6.07) is -0.776. The van der Waals surface area contributed by atoms with Crippen LogP contribution >= 0.6 is 0 Å². The first-order chi connectivity index (χ1) is 17.7. The molecule has 2 fully saturated rings. The average Bonchev–Trinajstić information content (AvgIpc) is 3.54. The molecule has 5 rings (SSSR count). The fraction of sp³-hybridized carbons (Fsp3) is 0.577. The van der Waals surface area contributed by atoms with Crippen molar-refractivity contribution in [2.45, 2.75) is 78.6 Å². The second-order valence-corrected chi connectivity index (χ2v) is 10.8. The van der Waals surface area contributed by atoms with Gasteiger partial charge in [-0.25, -0.2) is 34.2 Å². The molecule has 4 atom stereocenters. The number of likely N-dealkylation sites (tertiary alicyclic amines) is 1. The second-order valence-electron chi connectivity index (χ2n) is 10.8. The number of aryl methyl sites for hydroxylation is 2. The average molecular weight is 507 g/mol. The number of carbonyl (C=O) groups is 2. The minimum Gasteiger partial charge on any atom is -0.364 e. The highest BCUT2D eigenvalue weighted by molar-refractivity contribution is 5.87. The number of anilines is 1. The van der Waals surface area contributed by atoms with Crippen LogP contribution in [0.3, 0.4) is 0 Å². The van der Waals surface area contributed by atoms with E-state index in [-0.39, 0.29) is 34.3 Å². The summed E-state index contributed by atoms with van der Waals surface area (Å²) < 4.78 is 2.12. The Hall–Kier alpha value is -3.47. The topological polar surface area (TPSA) is 142 Å². The van der Waals surface area contributed by atoms with Gasteiger partial charge < -0.3 is 15.6 Å². The van der Waals surface area contributed by atoms with Crippen molar-refractivity contribution in [3.05, 3.63) is 24.5 Å². The van der Waals surface area contributed by atoms with E-state index < -0.39 is 11.9 Å². The van der Waals surface area contributed by atoms with Crippen LogP contribution < -0.4 is 11.1 Å². The molecule has 11 heteroatoms. The van der Waals surface area contributed by atoms with E-state index in [1.165, 1.54) is 6.33 Å².